The van der Waals surface area contributed by atoms with Crippen molar-refractivity contribution >= 4 is 16.9 Å². The summed E-state index contributed by atoms with van der Waals surface area (Å²) in [4.78, 5) is 19.0. The van der Waals surface area contributed by atoms with Crippen LogP contribution >= 0.6 is 0 Å². The quantitative estimate of drug-likeness (QED) is 0.539. The Morgan fingerprint density at radius 2 is 1.89 bits per heavy atom. The summed E-state index contributed by atoms with van der Waals surface area (Å²) < 4.78 is 3.46. The number of aryl methyl sites for hydroxylation is 2. The maximum atomic E-state index is 12.8. The van der Waals surface area contributed by atoms with Crippen molar-refractivity contribution < 1.29 is 4.79 Å². The first kappa shape index (κ1) is 17.9. The zero-order chi connectivity index (χ0) is 19.7. The third kappa shape index (κ3) is 3.26. The number of carbonyl (C=O) groups is 1. The molecule has 142 valence electrons. The second-order valence-electron chi connectivity index (χ2n) is 6.86. The molecule has 28 heavy (non-hydrogen) atoms. The maximum Gasteiger partial charge on any atom is 0.244 e. The lowest BCUT2D eigenvalue weighted by atomic mass is 10.0. The van der Waals surface area contributed by atoms with Crippen LogP contribution in [0, 0.1) is 6.92 Å². The van der Waals surface area contributed by atoms with E-state index in [-0.39, 0.29) is 12.5 Å². The summed E-state index contributed by atoms with van der Waals surface area (Å²) in [6.45, 7) is 2.59. The van der Waals surface area contributed by atoms with Crippen LogP contribution in [0.2, 0.25) is 0 Å². The van der Waals surface area contributed by atoms with Gasteiger partial charge in [-0.1, -0.05) is 30.3 Å². The zero-order valence-electron chi connectivity index (χ0n) is 16.2. The standard InChI is InChI=1S/C21H22N6O/c1-15-20-18(16-7-5-4-6-8-16)10-11-22-21(20)27(24-15)14-19(28)25(2)13-17-9-12-23-26(17)3/h4-12H,13-14H2,1-3H3. The Hall–Kier alpha value is -3.48. The van der Waals surface area contributed by atoms with E-state index in [1.165, 1.54) is 0 Å². The molecule has 0 radical (unpaired) electrons. The van der Waals surface area contributed by atoms with Crippen molar-refractivity contribution in [3.05, 3.63) is 66.2 Å². The van der Waals surface area contributed by atoms with Gasteiger partial charge in [-0.05, 0) is 30.2 Å². The van der Waals surface area contributed by atoms with E-state index < -0.39 is 0 Å². The van der Waals surface area contributed by atoms with E-state index in [1.807, 2.05) is 44.3 Å². The largest absolute Gasteiger partial charge is 0.338 e. The minimum Gasteiger partial charge on any atom is -0.338 e. The van der Waals surface area contributed by atoms with Crippen LogP contribution in [-0.2, 0) is 24.9 Å². The lowest BCUT2D eigenvalue weighted by Crippen LogP contribution is -2.31. The van der Waals surface area contributed by atoms with Gasteiger partial charge in [0.1, 0.15) is 6.54 Å². The van der Waals surface area contributed by atoms with Crippen LogP contribution in [0.5, 0.6) is 0 Å². The number of rotatable bonds is 5. The highest BCUT2D eigenvalue weighted by Crippen LogP contribution is 2.29. The summed E-state index contributed by atoms with van der Waals surface area (Å²) in [5.74, 6) is -0.0301. The maximum absolute atomic E-state index is 12.8. The van der Waals surface area contributed by atoms with Crippen LogP contribution in [0.3, 0.4) is 0 Å². The predicted octanol–water partition coefficient (Wildman–Crippen LogP) is 2.80. The van der Waals surface area contributed by atoms with Crippen molar-refractivity contribution in [1.29, 1.82) is 0 Å². The molecule has 0 aliphatic carbocycles. The van der Waals surface area contributed by atoms with Gasteiger partial charge in [0.15, 0.2) is 5.65 Å². The molecule has 0 bridgehead atoms. The fourth-order valence-electron chi connectivity index (χ4n) is 3.39. The second-order valence-corrected chi connectivity index (χ2v) is 6.86. The molecule has 0 unspecified atom stereocenters. The van der Waals surface area contributed by atoms with Crippen molar-refractivity contribution in [3.8, 4) is 11.1 Å². The van der Waals surface area contributed by atoms with Gasteiger partial charge in [-0.3, -0.25) is 9.48 Å². The van der Waals surface area contributed by atoms with Crippen molar-refractivity contribution in [3.63, 3.8) is 0 Å². The van der Waals surface area contributed by atoms with Gasteiger partial charge in [0, 0.05) is 31.9 Å². The minimum atomic E-state index is -0.0301. The highest BCUT2D eigenvalue weighted by Gasteiger charge is 2.18. The highest BCUT2D eigenvalue weighted by atomic mass is 16.2. The Balaban J connectivity index is 1.63. The van der Waals surface area contributed by atoms with Gasteiger partial charge in [-0.15, -0.1) is 0 Å². The van der Waals surface area contributed by atoms with E-state index in [9.17, 15) is 4.79 Å². The van der Waals surface area contributed by atoms with E-state index in [1.54, 1.807) is 33.7 Å². The van der Waals surface area contributed by atoms with E-state index in [2.05, 4.69) is 27.3 Å². The molecule has 4 aromatic rings. The molecule has 1 amide bonds. The van der Waals surface area contributed by atoms with Gasteiger partial charge in [-0.25, -0.2) is 9.67 Å². The first-order chi connectivity index (χ1) is 13.5. The number of hydrogen-bond acceptors (Lipinski definition) is 4. The number of nitrogens with zero attached hydrogens (tertiary/aromatic N) is 6. The summed E-state index contributed by atoms with van der Waals surface area (Å²) in [6, 6.07) is 14.1. The molecule has 3 aromatic heterocycles. The van der Waals surface area contributed by atoms with Crippen molar-refractivity contribution in [2.45, 2.75) is 20.0 Å². The first-order valence-electron chi connectivity index (χ1n) is 9.13. The number of hydrogen-bond donors (Lipinski definition) is 0. The van der Waals surface area contributed by atoms with Gasteiger partial charge in [-0.2, -0.15) is 10.2 Å². The van der Waals surface area contributed by atoms with E-state index in [0.29, 0.717) is 6.54 Å². The zero-order valence-corrected chi connectivity index (χ0v) is 16.2. The molecule has 0 saturated carbocycles. The molecular weight excluding hydrogens is 352 g/mol. The van der Waals surface area contributed by atoms with Gasteiger partial charge in [0.25, 0.3) is 0 Å². The van der Waals surface area contributed by atoms with Crippen LogP contribution in [0.15, 0.2) is 54.9 Å². The van der Waals surface area contributed by atoms with Crippen LogP contribution in [0.4, 0.5) is 0 Å². The fraction of sp³-hybridized carbons (Fsp3) is 0.238. The van der Waals surface area contributed by atoms with E-state index in [4.69, 9.17) is 0 Å². The highest BCUT2D eigenvalue weighted by molar-refractivity contribution is 5.95. The molecule has 4 rings (SSSR count). The van der Waals surface area contributed by atoms with Gasteiger partial charge in [0.2, 0.25) is 5.91 Å². The number of fused-ring (bicyclic) bond motifs is 1. The Kier molecular flexibility index (Phi) is 4.65. The van der Waals surface area contributed by atoms with E-state index in [0.717, 1.165) is 33.5 Å². The lowest BCUT2D eigenvalue weighted by Gasteiger charge is -2.17. The van der Waals surface area contributed by atoms with E-state index >= 15 is 0 Å². The third-order valence-electron chi connectivity index (χ3n) is 4.93. The Bertz CT molecular complexity index is 1130. The molecule has 0 aliphatic rings. The number of amides is 1. The molecule has 0 spiro atoms. The van der Waals surface area contributed by atoms with Gasteiger partial charge in [0.05, 0.1) is 17.9 Å². The first-order valence-corrected chi connectivity index (χ1v) is 9.13. The number of likely N-dealkylation sites (N-methyl/N-ethyl adjacent to an activating group) is 1. The molecule has 0 aliphatic heterocycles. The van der Waals surface area contributed by atoms with Gasteiger partial charge >= 0.3 is 0 Å². The number of aromatic nitrogens is 5. The Labute approximate surface area is 163 Å². The SMILES string of the molecule is Cc1nn(CC(=O)N(C)Cc2ccnn2C)c2nccc(-c3ccccc3)c12. The average Bonchev–Trinajstić information content (AvgIpc) is 3.25. The van der Waals surface area contributed by atoms with Crippen molar-refractivity contribution in [2.75, 3.05) is 7.05 Å². The molecule has 0 N–H and O–H groups in total. The molecular formula is C21H22N6O. The van der Waals surface area contributed by atoms with Crippen LogP contribution in [-0.4, -0.2) is 42.4 Å². The normalized spacial score (nSPS) is 11.1. The number of benzene rings is 1. The Morgan fingerprint density at radius 3 is 2.61 bits per heavy atom. The van der Waals surface area contributed by atoms with Crippen LogP contribution in [0.25, 0.3) is 22.2 Å². The molecule has 7 heteroatoms. The summed E-state index contributed by atoms with van der Waals surface area (Å²) in [7, 11) is 3.66. The van der Waals surface area contributed by atoms with Gasteiger partial charge < -0.3 is 4.90 Å². The lowest BCUT2D eigenvalue weighted by molar-refractivity contribution is -0.131. The van der Waals surface area contributed by atoms with Crippen molar-refractivity contribution in [1.82, 2.24) is 29.4 Å². The molecule has 7 nitrogen and oxygen atoms in total. The summed E-state index contributed by atoms with van der Waals surface area (Å²) in [6.07, 6.45) is 3.50. The molecule has 3 heterocycles. The van der Waals surface area contributed by atoms with Crippen molar-refractivity contribution in [2.24, 2.45) is 7.05 Å². The number of pyridine rings is 1. The second kappa shape index (κ2) is 7.26. The van der Waals surface area contributed by atoms with Crippen LogP contribution in [0.1, 0.15) is 11.4 Å². The Morgan fingerprint density at radius 1 is 1.11 bits per heavy atom. The summed E-state index contributed by atoms with van der Waals surface area (Å²) in [5, 5.41) is 9.73. The smallest absolute Gasteiger partial charge is 0.244 e. The summed E-state index contributed by atoms with van der Waals surface area (Å²) >= 11 is 0. The monoisotopic (exact) mass is 374 g/mol. The predicted molar refractivity (Wildman–Crippen MR) is 107 cm³/mol. The topological polar surface area (TPSA) is 68.8 Å². The molecule has 0 saturated heterocycles. The summed E-state index contributed by atoms with van der Waals surface area (Å²) in [5.41, 5.74) is 4.74. The minimum absolute atomic E-state index is 0.0301. The molecule has 1 aromatic carbocycles. The fourth-order valence-corrected chi connectivity index (χ4v) is 3.39. The third-order valence-corrected chi connectivity index (χ3v) is 4.93. The number of carbonyl (C=O) groups excluding carboxylic acids is 1. The van der Waals surface area contributed by atoms with Crippen LogP contribution < -0.4 is 0 Å². The average molecular weight is 374 g/mol. The molecule has 0 atom stereocenters. The molecule has 0 fully saturated rings.